The van der Waals surface area contributed by atoms with Crippen LogP contribution in [0.4, 0.5) is 8.78 Å². The molecule has 0 aliphatic carbocycles. The van der Waals surface area contributed by atoms with Crippen molar-refractivity contribution in [1.29, 1.82) is 0 Å². The van der Waals surface area contributed by atoms with Gasteiger partial charge in [0, 0.05) is 36.6 Å². The van der Waals surface area contributed by atoms with Gasteiger partial charge in [0.25, 0.3) is 11.8 Å². The summed E-state index contributed by atoms with van der Waals surface area (Å²) in [5.41, 5.74) is 0.206. The number of nitrogens with one attached hydrogen (secondary N) is 2. The average Bonchev–Trinajstić information content (AvgIpc) is 2.75. The Morgan fingerprint density at radius 3 is 2.45 bits per heavy atom. The van der Waals surface area contributed by atoms with E-state index >= 15 is 0 Å². The van der Waals surface area contributed by atoms with Gasteiger partial charge in [0.15, 0.2) is 0 Å². The Hall–Kier alpha value is -2.81. The Morgan fingerprint density at radius 1 is 1.03 bits per heavy atom. The second-order valence-electron chi connectivity index (χ2n) is 7.24. The van der Waals surface area contributed by atoms with Gasteiger partial charge < -0.3 is 15.5 Å². The zero-order chi connectivity index (χ0) is 22.4. The predicted molar refractivity (Wildman–Crippen MR) is 115 cm³/mol. The van der Waals surface area contributed by atoms with Crippen molar-refractivity contribution in [2.75, 3.05) is 19.6 Å². The lowest BCUT2D eigenvalue weighted by Gasteiger charge is -2.32. The molecule has 0 radical (unpaired) electrons. The lowest BCUT2D eigenvalue weighted by atomic mass is 10.0. The number of carbonyl (C=O) groups excluding carboxylic acids is 3. The van der Waals surface area contributed by atoms with Crippen LogP contribution in [0.15, 0.2) is 46.9 Å². The van der Waals surface area contributed by atoms with E-state index in [1.54, 1.807) is 11.0 Å². The Labute approximate surface area is 187 Å². The van der Waals surface area contributed by atoms with Crippen molar-refractivity contribution in [3.63, 3.8) is 0 Å². The van der Waals surface area contributed by atoms with Crippen LogP contribution in [0.1, 0.15) is 40.0 Å². The van der Waals surface area contributed by atoms with E-state index in [0.717, 1.165) is 6.07 Å². The number of hydrogen-bond acceptors (Lipinski definition) is 3. The summed E-state index contributed by atoms with van der Waals surface area (Å²) < 4.78 is 27.6. The van der Waals surface area contributed by atoms with Gasteiger partial charge in [-0.3, -0.25) is 14.4 Å². The van der Waals surface area contributed by atoms with Crippen molar-refractivity contribution >= 4 is 33.7 Å². The van der Waals surface area contributed by atoms with Crippen LogP contribution in [-0.4, -0.2) is 48.3 Å². The molecule has 0 bridgehead atoms. The Morgan fingerprint density at radius 2 is 1.74 bits per heavy atom. The number of amides is 3. The summed E-state index contributed by atoms with van der Waals surface area (Å²) in [5.74, 6) is -2.12. The second-order valence-corrected chi connectivity index (χ2v) is 8.10. The topological polar surface area (TPSA) is 78.5 Å². The highest BCUT2D eigenvalue weighted by atomic mass is 79.9. The van der Waals surface area contributed by atoms with E-state index in [4.69, 9.17) is 0 Å². The highest BCUT2D eigenvalue weighted by Gasteiger charge is 2.25. The van der Waals surface area contributed by atoms with Crippen LogP contribution in [0.25, 0.3) is 0 Å². The average molecular weight is 494 g/mol. The predicted octanol–water partition coefficient (Wildman–Crippen LogP) is 3.27. The van der Waals surface area contributed by atoms with Crippen LogP contribution in [-0.2, 0) is 4.79 Å². The summed E-state index contributed by atoms with van der Waals surface area (Å²) in [6.07, 6.45) is 1.20. The third kappa shape index (κ3) is 6.10. The number of piperidine rings is 1. The van der Waals surface area contributed by atoms with Crippen LogP contribution in [0.3, 0.4) is 0 Å². The third-order valence-electron chi connectivity index (χ3n) is 5.06. The van der Waals surface area contributed by atoms with Crippen LogP contribution in [0.5, 0.6) is 0 Å². The van der Waals surface area contributed by atoms with Gasteiger partial charge >= 0.3 is 0 Å². The number of halogens is 3. The molecule has 164 valence electrons. The first-order valence-corrected chi connectivity index (χ1v) is 10.7. The largest absolute Gasteiger partial charge is 0.353 e. The molecule has 1 saturated heterocycles. The molecule has 0 aromatic heterocycles. The molecule has 0 spiro atoms. The fraction of sp³-hybridized carbons (Fsp3) is 0.318. The highest BCUT2D eigenvalue weighted by molar-refractivity contribution is 9.10. The maximum atomic E-state index is 13.8. The summed E-state index contributed by atoms with van der Waals surface area (Å²) in [6.45, 7) is 0.948. The summed E-state index contributed by atoms with van der Waals surface area (Å²) in [7, 11) is 0. The fourth-order valence-electron chi connectivity index (χ4n) is 3.39. The van der Waals surface area contributed by atoms with Crippen molar-refractivity contribution in [2.45, 2.75) is 25.3 Å². The lowest BCUT2D eigenvalue weighted by Crippen LogP contribution is -2.47. The number of likely N-dealkylation sites (tertiary alicyclic amines) is 1. The highest BCUT2D eigenvalue weighted by Crippen LogP contribution is 2.18. The number of benzene rings is 2. The Balaban J connectivity index is 1.40. The van der Waals surface area contributed by atoms with Crippen molar-refractivity contribution in [3.05, 3.63) is 69.7 Å². The Kier molecular flexibility index (Phi) is 7.73. The molecule has 3 rings (SSSR count). The minimum Gasteiger partial charge on any atom is -0.353 e. The van der Waals surface area contributed by atoms with Gasteiger partial charge in [-0.2, -0.15) is 0 Å². The molecule has 9 heteroatoms. The van der Waals surface area contributed by atoms with E-state index < -0.39 is 17.5 Å². The van der Waals surface area contributed by atoms with E-state index in [0.29, 0.717) is 30.4 Å². The number of rotatable bonds is 6. The molecule has 2 N–H and O–H groups in total. The van der Waals surface area contributed by atoms with Crippen LogP contribution >= 0.6 is 15.9 Å². The molecule has 1 fully saturated rings. The first-order valence-electron chi connectivity index (χ1n) is 9.91. The van der Waals surface area contributed by atoms with Crippen molar-refractivity contribution in [2.24, 2.45) is 0 Å². The molecule has 1 heterocycles. The van der Waals surface area contributed by atoms with E-state index in [1.807, 2.05) is 0 Å². The summed E-state index contributed by atoms with van der Waals surface area (Å²) >= 11 is 3.20. The smallest absolute Gasteiger partial charge is 0.256 e. The number of nitrogens with zero attached hydrogens (tertiary/aromatic N) is 1. The molecule has 2 aromatic carbocycles. The molecule has 31 heavy (non-hydrogen) atoms. The molecule has 2 aromatic rings. The molecular formula is C22H22BrF2N3O3. The SMILES string of the molecule is O=C(CCNC(=O)c1cc(F)ccc1Br)NC1CCN(C(=O)c2ccccc2F)CC1. The summed E-state index contributed by atoms with van der Waals surface area (Å²) in [4.78, 5) is 38.3. The lowest BCUT2D eigenvalue weighted by molar-refractivity contribution is -0.121. The van der Waals surface area contributed by atoms with Gasteiger partial charge in [-0.25, -0.2) is 8.78 Å². The zero-order valence-electron chi connectivity index (χ0n) is 16.7. The van der Waals surface area contributed by atoms with Gasteiger partial charge in [-0.1, -0.05) is 12.1 Å². The summed E-state index contributed by atoms with van der Waals surface area (Å²) in [5, 5.41) is 5.49. The first kappa shape index (κ1) is 22.9. The first-order chi connectivity index (χ1) is 14.8. The maximum absolute atomic E-state index is 13.8. The van der Waals surface area contributed by atoms with Crippen LogP contribution in [0, 0.1) is 11.6 Å². The van der Waals surface area contributed by atoms with Crippen LogP contribution in [0.2, 0.25) is 0 Å². The van der Waals surface area contributed by atoms with Crippen molar-refractivity contribution in [3.8, 4) is 0 Å². The van der Waals surface area contributed by atoms with Gasteiger partial charge in [0.2, 0.25) is 5.91 Å². The van der Waals surface area contributed by atoms with Gasteiger partial charge in [0.05, 0.1) is 11.1 Å². The van der Waals surface area contributed by atoms with Crippen molar-refractivity contribution in [1.82, 2.24) is 15.5 Å². The van der Waals surface area contributed by atoms with Gasteiger partial charge in [-0.15, -0.1) is 0 Å². The fourth-order valence-corrected chi connectivity index (χ4v) is 3.81. The third-order valence-corrected chi connectivity index (χ3v) is 5.75. The standard InChI is InChI=1S/C22H22BrF2N3O3/c23-18-6-5-14(24)13-17(18)21(30)26-10-7-20(29)27-15-8-11-28(12-9-15)22(31)16-3-1-2-4-19(16)25/h1-6,13,15H,7-12H2,(H,26,30)(H,27,29). The molecule has 0 saturated carbocycles. The van der Waals surface area contributed by atoms with Crippen LogP contribution < -0.4 is 10.6 Å². The molecule has 1 aliphatic rings. The minimum atomic E-state index is -0.546. The molecule has 3 amide bonds. The van der Waals surface area contributed by atoms with E-state index in [1.165, 1.54) is 30.3 Å². The van der Waals surface area contributed by atoms with E-state index in [9.17, 15) is 23.2 Å². The second kappa shape index (κ2) is 10.5. The Bertz CT molecular complexity index is 978. The normalized spacial score (nSPS) is 14.2. The molecular weight excluding hydrogens is 472 g/mol. The number of hydrogen-bond donors (Lipinski definition) is 2. The zero-order valence-corrected chi connectivity index (χ0v) is 18.3. The molecule has 6 nitrogen and oxygen atoms in total. The van der Waals surface area contributed by atoms with Crippen molar-refractivity contribution < 1.29 is 23.2 Å². The quantitative estimate of drug-likeness (QED) is 0.648. The van der Waals surface area contributed by atoms with Gasteiger partial charge in [0.1, 0.15) is 11.6 Å². The molecule has 0 atom stereocenters. The minimum absolute atomic E-state index is 0.0469. The molecule has 0 unspecified atom stereocenters. The van der Waals surface area contributed by atoms with Gasteiger partial charge in [-0.05, 0) is 59.1 Å². The summed E-state index contributed by atoms with van der Waals surface area (Å²) in [6, 6.07) is 9.58. The maximum Gasteiger partial charge on any atom is 0.256 e. The van der Waals surface area contributed by atoms with E-state index in [-0.39, 0.29) is 41.9 Å². The van der Waals surface area contributed by atoms with E-state index in [2.05, 4.69) is 26.6 Å². The monoisotopic (exact) mass is 493 g/mol. The molecule has 1 aliphatic heterocycles. The number of carbonyl (C=O) groups is 3.